The summed E-state index contributed by atoms with van der Waals surface area (Å²) >= 11 is 0. The van der Waals surface area contributed by atoms with E-state index in [2.05, 4.69) is 5.32 Å². The van der Waals surface area contributed by atoms with Crippen molar-refractivity contribution in [1.29, 1.82) is 0 Å². The van der Waals surface area contributed by atoms with Crippen LogP contribution < -0.4 is 5.32 Å². The molecule has 23 heavy (non-hydrogen) atoms. The molecule has 0 bridgehead atoms. The van der Waals surface area contributed by atoms with Gasteiger partial charge in [0, 0.05) is 6.04 Å². The first-order valence-electron chi connectivity index (χ1n) is 7.93. The van der Waals surface area contributed by atoms with Crippen LogP contribution in [0.4, 0.5) is 8.78 Å². The van der Waals surface area contributed by atoms with Crippen molar-refractivity contribution < 1.29 is 23.5 Å². The standard InChI is InChI=1S/C17H21F2NO3/c18-13-8-7-11(9-14(13)19)10-16(21)20-15-6-4-2-1-3-5-12(15)17(22)23/h7-9,12,15H,1-6,10H2,(H,20,21)(H,22,23). The van der Waals surface area contributed by atoms with Crippen molar-refractivity contribution in [3.8, 4) is 0 Å². The van der Waals surface area contributed by atoms with Crippen LogP contribution in [0, 0.1) is 17.6 Å². The van der Waals surface area contributed by atoms with Crippen LogP contribution in [-0.2, 0) is 16.0 Å². The maximum Gasteiger partial charge on any atom is 0.308 e. The van der Waals surface area contributed by atoms with E-state index in [4.69, 9.17) is 0 Å². The molecule has 1 saturated carbocycles. The smallest absolute Gasteiger partial charge is 0.308 e. The van der Waals surface area contributed by atoms with E-state index in [1.165, 1.54) is 6.07 Å². The third-order valence-electron chi connectivity index (χ3n) is 4.28. The average molecular weight is 325 g/mol. The molecule has 1 aliphatic rings. The Bertz CT molecular complexity index is 577. The summed E-state index contributed by atoms with van der Waals surface area (Å²) in [6.07, 6.45) is 4.83. The monoisotopic (exact) mass is 325 g/mol. The Hall–Kier alpha value is -1.98. The maximum atomic E-state index is 13.2. The molecule has 2 rings (SSSR count). The molecule has 0 spiro atoms. The number of carboxylic acids is 1. The molecule has 1 aromatic carbocycles. The van der Waals surface area contributed by atoms with Crippen molar-refractivity contribution >= 4 is 11.9 Å². The third kappa shape index (κ3) is 5.01. The molecule has 0 aliphatic heterocycles. The largest absolute Gasteiger partial charge is 0.481 e. The highest BCUT2D eigenvalue weighted by Crippen LogP contribution is 2.23. The molecule has 0 heterocycles. The van der Waals surface area contributed by atoms with Gasteiger partial charge in [0.1, 0.15) is 0 Å². The molecule has 1 amide bonds. The quantitative estimate of drug-likeness (QED) is 0.894. The van der Waals surface area contributed by atoms with Gasteiger partial charge in [0.15, 0.2) is 11.6 Å². The number of carbonyl (C=O) groups is 2. The fraction of sp³-hybridized carbons (Fsp3) is 0.529. The zero-order chi connectivity index (χ0) is 16.8. The van der Waals surface area contributed by atoms with Gasteiger partial charge in [-0.2, -0.15) is 0 Å². The van der Waals surface area contributed by atoms with Crippen LogP contribution in [0.2, 0.25) is 0 Å². The molecule has 1 aliphatic carbocycles. The van der Waals surface area contributed by atoms with E-state index >= 15 is 0 Å². The van der Waals surface area contributed by atoms with E-state index in [9.17, 15) is 23.5 Å². The van der Waals surface area contributed by atoms with E-state index in [1.54, 1.807) is 0 Å². The average Bonchev–Trinajstić information content (AvgIpc) is 2.45. The molecule has 4 nitrogen and oxygen atoms in total. The lowest BCUT2D eigenvalue weighted by atomic mass is 9.86. The minimum absolute atomic E-state index is 0.0972. The fourth-order valence-corrected chi connectivity index (χ4v) is 3.05. The minimum atomic E-state index is -0.996. The van der Waals surface area contributed by atoms with Crippen molar-refractivity contribution in [2.45, 2.75) is 51.0 Å². The molecule has 6 heteroatoms. The Morgan fingerprint density at radius 1 is 1.09 bits per heavy atom. The predicted octanol–water partition coefficient (Wildman–Crippen LogP) is 3.05. The summed E-state index contributed by atoms with van der Waals surface area (Å²) in [5.74, 6) is -3.81. The van der Waals surface area contributed by atoms with Crippen molar-refractivity contribution in [2.75, 3.05) is 0 Å². The second-order valence-corrected chi connectivity index (χ2v) is 6.04. The lowest BCUT2D eigenvalue weighted by Crippen LogP contribution is -2.44. The van der Waals surface area contributed by atoms with Gasteiger partial charge in [0.2, 0.25) is 5.91 Å². The van der Waals surface area contributed by atoms with Gasteiger partial charge in [-0.15, -0.1) is 0 Å². The van der Waals surface area contributed by atoms with E-state index in [1.807, 2.05) is 0 Å². The summed E-state index contributed by atoms with van der Waals surface area (Å²) in [4.78, 5) is 23.5. The number of aliphatic carboxylic acids is 1. The molecule has 2 unspecified atom stereocenters. The van der Waals surface area contributed by atoms with Gasteiger partial charge >= 0.3 is 5.97 Å². The Kier molecular flexibility index (Phi) is 6.07. The van der Waals surface area contributed by atoms with Crippen LogP contribution in [0.15, 0.2) is 18.2 Å². The molecule has 0 aromatic heterocycles. The van der Waals surface area contributed by atoms with Crippen molar-refractivity contribution in [1.82, 2.24) is 5.32 Å². The van der Waals surface area contributed by atoms with E-state index in [-0.39, 0.29) is 12.3 Å². The topological polar surface area (TPSA) is 66.4 Å². The zero-order valence-corrected chi connectivity index (χ0v) is 12.9. The molecule has 1 fully saturated rings. The number of rotatable bonds is 4. The van der Waals surface area contributed by atoms with Crippen LogP contribution in [0.3, 0.4) is 0 Å². The van der Waals surface area contributed by atoms with Crippen molar-refractivity contribution in [2.24, 2.45) is 5.92 Å². The summed E-state index contributed by atoms with van der Waals surface area (Å²) in [6, 6.07) is 2.91. The van der Waals surface area contributed by atoms with Gasteiger partial charge in [-0.1, -0.05) is 31.7 Å². The molecule has 0 radical (unpaired) electrons. The van der Waals surface area contributed by atoms with E-state index in [0.29, 0.717) is 18.4 Å². The molecule has 2 atom stereocenters. The second kappa shape index (κ2) is 8.04. The molecular weight excluding hydrogens is 304 g/mol. The second-order valence-electron chi connectivity index (χ2n) is 6.04. The normalized spacial score (nSPS) is 22.0. The summed E-state index contributed by atoms with van der Waals surface area (Å²) in [7, 11) is 0. The van der Waals surface area contributed by atoms with Crippen LogP contribution in [0.1, 0.15) is 44.1 Å². The highest BCUT2D eigenvalue weighted by molar-refractivity contribution is 5.80. The minimum Gasteiger partial charge on any atom is -0.481 e. The lowest BCUT2D eigenvalue weighted by Gasteiger charge is -2.27. The lowest BCUT2D eigenvalue weighted by molar-refractivity contribution is -0.143. The van der Waals surface area contributed by atoms with Crippen LogP contribution in [0.5, 0.6) is 0 Å². The van der Waals surface area contributed by atoms with Gasteiger partial charge < -0.3 is 10.4 Å². The number of carbonyl (C=O) groups excluding carboxylic acids is 1. The number of carboxylic acid groups (broad SMARTS) is 1. The number of amides is 1. The SMILES string of the molecule is O=C(Cc1ccc(F)c(F)c1)NC1CCCCCCC1C(=O)O. The Morgan fingerprint density at radius 2 is 1.78 bits per heavy atom. The molecule has 0 saturated heterocycles. The number of halogens is 2. The van der Waals surface area contributed by atoms with Crippen LogP contribution >= 0.6 is 0 Å². The number of benzene rings is 1. The summed E-state index contributed by atoms with van der Waals surface area (Å²) in [6.45, 7) is 0. The number of nitrogens with one attached hydrogen (secondary N) is 1. The van der Waals surface area contributed by atoms with Crippen LogP contribution in [0.25, 0.3) is 0 Å². The van der Waals surface area contributed by atoms with E-state index in [0.717, 1.165) is 37.8 Å². The van der Waals surface area contributed by atoms with Gasteiger partial charge in [-0.05, 0) is 30.5 Å². The van der Waals surface area contributed by atoms with E-state index < -0.39 is 29.6 Å². The zero-order valence-electron chi connectivity index (χ0n) is 12.9. The first kappa shape index (κ1) is 17.4. The molecule has 2 N–H and O–H groups in total. The highest BCUT2D eigenvalue weighted by atomic mass is 19.2. The highest BCUT2D eigenvalue weighted by Gasteiger charge is 2.29. The summed E-state index contributed by atoms with van der Waals surface area (Å²) in [5, 5.41) is 12.1. The number of hydrogen-bond acceptors (Lipinski definition) is 2. The van der Waals surface area contributed by atoms with Gasteiger partial charge in [0.05, 0.1) is 12.3 Å². The van der Waals surface area contributed by atoms with Crippen LogP contribution in [-0.4, -0.2) is 23.0 Å². The molecule has 1 aromatic rings. The summed E-state index contributed by atoms with van der Waals surface area (Å²) < 4.78 is 26.1. The molecule has 126 valence electrons. The van der Waals surface area contributed by atoms with Crippen molar-refractivity contribution in [3.05, 3.63) is 35.4 Å². The third-order valence-corrected chi connectivity index (χ3v) is 4.28. The first-order chi connectivity index (χ1) is 11.0. The molecular formula is C17H21F2NO3. The van der Waals surface area contributed by atoms with Crippen molar-refractivity contribution in [3.63, 3.8) is 0 Å². The van der Waals surface area contributed by atoms with Gasteiger partial charge in [-0.25, -0.2) is 8.78 Å². The number of hydrogen-bond donors (Lipinski definition) is 2. The Balaban J connectivity index is 2.00. The maximum absolute atomic E-state index is 13.2. The predicted molar refractivity (Wildman–Crippen MR) is 80.8 cm³/mol. The fourth-order valence-electron chi connectivity index (χ4n) is 3.05. The Labute approximate surface area is 133 Å². The van der Waals surface area contributed by atoms with Gasteiger partial charge in [0.25, 0.3) is 0 Å². The van der Waals surface area contributed by atoms with Gasteiger partial charge in [-0.3, -0.25) is 9.59 Å². The first-order valence-corrected chi connectivity index (χ1v) is 7.93. The summed E-state index contributed by atoms with van der Waals surface area (Å²) in [5.41, 5.74) is 0.360. The Morgan fingerprint density at radius 3 is 2.43 bits per heavy atom.